The lowest BCUT2D eigenvalue weighted by Gasteiger charge is -2.31. The summed E-state index contributed by atoms with van der Waals surface area (Å²) in [6.07, 6.45) is 3.48. The van der Waals surface area contributed by atoms with E-state index >= 15 is 0 Å². The van der Waals surface area contributed by atoms with Crippen LogP contribution in [-0.4, -0.2) is 35.1 Å². The van der Waals surface area contributed by atoms with E-state index < -0.39 is 17.9 Å². The molecular formula is C27H28N4O4S. The van der Waals surface area contributed by atoms with Crippen molar-refractivity contribution in [3.8, 4) is 11.3 Å². The van der Waals surface area contributed by atoms with Crippen molar-refractivity contribution in [1.29, 1.82) is 0 Å². The summed E-state index contributed by atoms with van der Waals surface area (Å²) in [5.74, 6) is -1.65. The van der Waals surface area contributed by atoms with Gasteiger partial charge in [0.2, 0.25) is 0 Å². The summed E-state index contributed by atoms with van der Waals surface area (Å²) in [4.78, 5) is 35.1. The predicted octanol–water partition coefficient (Wildman–Crippen LogP) is 5.31. The van der Waals surface area contributed by atoms with Crippen molar-refractivity contribution in [3.05, 3.63) is 82.3 Å². The van der Waals surface area contributed by atoms with Crippen LogP contribution in [0.4, 0.5) is 10.8 Å². The lowest BCUT2D eigenvalue weighted by molar-refractivity contribution is -0.139. The second-order valence-corrected chi connectivity index (χ2v) is 8.93. The van der Waals surface area contributed by atoms with Crippen molar-refractivity contribution >= 4 is 34.1 Å². The number of nitrogens with one attached hydrogen (secondary N) is 2. The van der Waals surface area contributed by atoms with Gasteiger partial charge >= 0.3 is 11.9 Å². The Bertz CT molecular complexity index is 1290. The number of dihydropyridines is 1. The molecule has 8 nitrogen and oxygen atoms in total. The summed E-state index contributed by atoms with van der Waals surface area (Å²) in [5, 5.41) is 9.19. The molecule has 0 atom stereocenters. The fourth-order valence-electron chi connectivity index (χ4n) is 4.22. The fraction of sp³-hybridized carbons (Fsp3) is 0.259. The molecule has 2 N–H and O–H groups in total. The van der Waals surface area contributed by atoms with E-state index in [2.05, 4.69) is 15.6 Å². The summed E-state index contributed by atoms with van der Waals surface area (Å²) in [7, 11) is 0. The van der Waals surface area contributed by atoms with E-state index in [1.54, 1.807) is 26.2 Å². The van der Waals surface area contributed by atoms with Gasteiger partial charge in [0.15, 0.2) is 5.13 Å². The number of anilines is 2. The van der Waals surface area contributed by atoms with Crippen molar-refractivity contribution < 1.29 is 19.1 Å². The van der Waals surface area contributed by atoms with Crippen molar-refractivity contribution in [2.75, 3.05) is 18.5 Å². The molecule has 0 spiro atoms. The van der Waals surface area contributed by atoms with Gasteiger partial charge in [0, 0.05) is 40.4 Å². The van der Waals surface area contributed by atoms with Crippen molar-refractivity contribution in [2.45, 2.75) is 33.6 Å². The van der Waals surface area contributed by atoms with Crippen molar-refractivity contribution in [1.82, 2.24) is 15.3 Å². The first-order valence-electron chi connectivity index (χ1n) is 11.7. The number of pyridine rings is 1. The van der Waals surface area contributed by atoms with Crippen LogP contribution < -0.4 is 10.6 Å². The molecule has 36 heavy (non-hydrogen) atoms. The molecule has 0 saturated heterocycles. The van der Waals surface area contributed by atoms with Gasteiger partial charge in [-0.15, -0.1) is 11.3 Å². The smallest absolute Gasteiger partial charge is 0.336 e. The van der Waals surface area contributed by atoms with E-state index in [1.165, 1.54) is 11.3 Å². The minimum absolute atomic E-state index is 0.218. The molecule has 1 aromatic carbocycles. The summed E-state index contributed by atoms with van der Waals surface area (Å²) in [6, 6.07) is 11.4. The number of benzene rings is 1. The van der Waals surface area contributed by atoms with Crippen LogP contribution in [0.3, 0.4) is 0 Å². The quantitative estimate of drug-likeness (QED) is 0.398. The highest BCUT2D eigenvalue weighted by molar-refractivity contribution is 7.14. The van der Waals surface area contributed by atoms with Gasteiger partial charge in [-0.05, 0) is 51.5 Å². The number of allylic oxidation sites excluding steroid dienone is 2. The van der Waals surface area contributed by atoms with E-state index in [4.69, 9.17) is 14.5 Å². The Morgan fingerprint density at radius 1 is 1.00 bits per heavy atom. The zero-order chi connectivity index (χ0) is 25.7. The van der Waals surface area contributed by atoms with Gasteiger partial charge in [-0.2, -0.15) is 0 Å². The van der Waals surface area contributed by atoms with Gasteiger partial charge in [-0.1, -0.05) is 18.2 Å². The molecule has 0 unspecified atom stereocenters. The first kappa shape index (κ1) is 25.1. The molecule has 0 bridgehead atoms. The van der Waals surface area contributed by atoms with E-state index in [-0.39, 0.29) is 13.2 Å². The summed E-state index contributed by atoms with van der Waals surface area (Å²) in [5.41, 5.74) is 5.19. The first-order chi connectivity index (χ1) is 17.4. The van der Waals surface area contributed by atoms with Crippen LogP contribution in [0, 0.1) is 0 Å². The lowest BCUT2D eigenvalue weighted by Crippen LogP contribution is -2.32. The average molecular weight is 505 g/mol. The molecule has 4 rings (SSSR count). The Kier molecular flexibility index (Phi) is 7.80. The van der Waals surface area contributed by atoms with Crippen LogP contribution in [0.1, 0.15) is 39.2 Å². The zero-order valence-corrected chi connectivity index (χ0v) is 21.4. The van der Waals surface area contributed by atoms with Gasteiger partial charge in [0.1, 0.15) is 0 Å². The Morgan fingerprint density at radius 3 is 2.28 bits per heavy atom. The first-order valence-corrected chi connectivity index (χ1v) is 12.6. The molecule has 0 radical (unpaired) electrons. The molecule has 0 amide bonds. The van der Waals surface area contributed by atoms with Gasteiger partial charge in [-0.3, -0.25) is 4.98 Å². The third-order valence-electron chi connectivity index (χ3n) is 5.73. The molecule has 0 aliphatic carbocycles. The Morgan fingerprint density at radius 2 is 1.67 bits per heavy atom. The Balaban J connectivity index is 1.79. The maximum Gasteiger partial charge on any atom is 0.336 e. The van der Waals surface area contributed by atoms with Crippen molar-refractivity contribution in [2.24, 2.45) is 0 Å². The van der Waals surface area contributed by atoms with Crippen LogP contribution >= 0.6 is 11.3 Å². The molecule has 9 heteroatoms. The van der Waals surface area contributed by atoms with Crippen LogP contribution in [0.25, 0.3) is 11.3 Å². The number of aromatic nitrogens is 2. The number of carbonyl (C=O) groups excluding carboxylic acids is 2. The predicted molar refractivity (Wildman–Crippen MR) is 140 cm³/mol. The minimum Gasteiger partial charge on any atom is -0.463 e. The Hall–Kier alpha value is -3.98. The van der Waals surface area contributed by atoms with E-state index in [1.807, 2.05) is 55.6 Å². The summed E-state index contributed by atoms with van der Waals surface area (Å²) < 4.78 is 10.8. The molecule has 3 aromatic rings. The van der Waals surface area contributed by atoms with Crippen LogP contribution in [0.2, 0.25) is 0 Å². The Labute approximate surface area is 214 Å². The molecule has 3 heterocycles. The SMILES string of the molecule is CCOC(=O)C1=C(C)NC(C)=C(C(=O)OCC)C1c1ccccc1Nc1nc(-c2cccnc2)cs1. The number of ether oxygens (including phenoxy) is 2. The number of thiazole rings is 1. The van der Waals surface area contributed by atoms with E-state index in [0.717, 1.165) is 22.5 Å². The number of nitrogens with zero attached hydrogens (tertiary/aromatic N) is 2. The number of hydrogen-bond donors (Lipinski definition) is 2. The maximum absolute atomic E-state index is 13.1. The third-order valence-corrected chi connectivity index (χ3v) is 6.48. The summed E-state index contributed by atoms with van der Waals surface area (Å²) >= 11 is 1.46. The lowest BCUT2D eigenvalue weighted by atomic mass is 9.79. The topological polar surface area (TPSA) is 102 Å². The van der Waals surface area contributed by atoms with Gasteiger partial charge in [0.25, 0.3) is 0 Å². The highest BCUT2D eigenvalue weighted by atomic mass is 32.1. The monoisotopic (exact) mass is 504 g/mol. The average Bonchev–Trinajstić information content (AvgIpc) is 3.33. The molecule has 0 fully saturated rings. The number of para-hydroxylation sites is 1. The zero-order valence-electron chi connectivity index (χ0n) is 20.6. The molecular weight excluding hydrogens is 476 g/mol. The minimum atomic E-state index is -0.689. The normalized spacial score (nSPS) is 13.9. The van der Waals surface area contributed by atoms with Gasteiger partial charge in [-0.25, -0.2) is 14.6 Å². The highest BCUT2D eigenvalue weighted by Crippen LogP contribution is 2.43. The van der Waals surface area contributed by atoms with Gasteiger partial charge in [0.05, 0.1) is 36.0 Å². The standard InChI is InChI=1S/C27H28N4O4S/c1-5-34-25(32)22-16(3)29-17(4)23(26(33)35-6-2)24(22)19-11-7-8-12-20(19)30-27-31-21(15-36-27)18-10-9-13-28-14-18/h7-15,24,29H,5-6H2,1-4H3,(H,30,31). The van der Waals surface area contributed by atoms with Gasteiger partial charge < -0.3 is 20.1 Å². The number of carbonyl (C=O) groups is 2. The maximum atomic E-state index is 13.1. The molecule has 2 aromatic heterocycles. The summed E-state index contributed by atoms with van der Waals surface area (Å²) in [6.45, 7) is 7.56. The number of rotatable bonds is 8. The van der Waals surface area contributed by atoms with E-state index in [9.17, 15) is 9.59 Å². The third kappa shape index (κ3) is 5.16. The highest BCUT2D eigenvalue weighted by Gasteiger charge is 2.39. The number of hydrogen-bond acceptors (Lipinski definition) is 9. The molecule has 1 aliphatic heterocycles. The molecule has 0 saturated carbocycles. The van der Waals surface area contributed by atoms with Crippen LogP contribution in [0.15, 0.2) is 76.7 Å². The second kappa shape index (κ2) is 11.2. The van der Waals surface area contributed by atoms with E-state index in [0.29, 0.717) is 27.7 Å². The largest absolute Gasteiger partial charge is 0.463 e. The van der Waals surface area contributed by atoms with Crippen molar-refractivity contribution in [3.63, 3.8) is 0 Å². The van der Waals surface area contributed by atoms with Crippen LogP contribution in [0.5, 0.6) is 0 Å². The molecule has 186 valence electrons. The number of esters is 2. The second-order valence-electron chi connectivity index (χ2n) is 8.07. The fourth-order valence-corrected chi connectivity index (χ4v) is 4.95. The van der Waals surface area contributed by atoms with Crippen LogP contribution in [-0.2, 0) is 19.1 Å². The molecule has 1 aliphatic rings.